The molecule has 1 heterocycles. The first kappa shape index (κ1) is 15.4. The molecule has 0 bridgehead atoms. The van der Waals surface area contributed by atoms with Crippen LogP contribution in [0.2, 0.25) is 0 Å². The van der Waals surface area contributed by atoms with Gasteiger partial charge < -0.3 is 15.1 Å². The lowest BCUT2D eigenvalue weighted by Gasteiger charge is -2.22. The van der Waals surface area contributed by atoms with Crippen molar-refractivity contribution < 1.29 is 0 Å². The van der Waals surface area contributed by atoms with Crippen LogP contribution in [0.25, 0.3) is 0 Å². The van der Waals surface area contributed by atoms with Gasteiger partial charge in [-0.1, -0.05) is 6.92 Å². The third kappa shape index (κ3) is 5.81. The average molecular weight is 252 g/mol. The van der Waals surface area contributed by atoms with Crippen LogP contribution in [0.1, 0.15) is 26.2 Å². The largest absolute Gasteiger partial charge is 0.306 e. The molecular formula is C14H28N4. The fraction of sp³-hybridized carbons (Fsp3) is 0.929. The molecular weight excluding hydrogens is 224 g/mol. The van der Waals surface area contributed by atoms with Gasteiger partial charge in [-0.2, -0.15) is 5.26 Å². The van der Waals surface area contributed by atoms with E-state index in [0.717, 1.165) is 38.4 Å². The van der Waals surface area contributed by atoms with Crippen molar-refractivity contribution in [3.05, 3.63) is 0 Å². The summed E-state index contributed by atoms with van der Waals surface area (Å²) in [5, 5.41) is 12.3. The molecule has 0 spiro atoms. The van der Waals surface area contributed by atoms with Gasteiger partial charge in [0.2, 0.25) is 0 Å². The normalized spacial score (nSPS) is 22.3. The summed E-state index contributed by atoms with van der Waals surface area (Å²) in [6, 6.07) is 2.36. The fourth-order valence-electron chi connectivity index (χ4n) is 2.59. The smallest absolute Gasteiger partial charge is 0.0965 e. The minimum absolute atomic E-state index is 0.0126. The quantitative estimate of drug-likeness (QED) is 0.704. The summed E-state index contributed by atoms with van der Waals surface area (Å²) in [5.74, 6) is 0.809. The summed E-state index contributed by atoms with van der Waals surface area (Å²) >= 11 is 0. The number of nitrogens with zero attached hydrogens (tertiary/aromatic N) is 3. The minimum Gasteiger partial charge on any atom is -0.306 e. The second kappa shape index (κ2) is 8.47. The lowest BCUT2D eigenvalue weighted by molar-refractivity contribution is 0.265. The average Bonchev–Trinajstić information content (AvgIpc) is 2.75. The molecule has 1 saturated heterocycles. The molecule has 4 heteroatoms. The Morgan fingerprint density at radius 1 is 1.56 bits per heavy atom. The van der Waals surface area contributed by atoms with Crippen LogP contribution in [-0.4, -0.2) is 62.7 Å². The molecule has 0 radical (unpaired) electrons. The van der Waals surface area contributed by atoms with Crippen LogP contribution < -0.4 is 5.32 Å². The van der Waals surface area contributed by atoms with Crippen LogP contribution in [0.4, 0.5) is 0 Å². The highest BCUT2D eigenvalue weighted by Crippen LogP contribution is 2.15. The molecule has 104 valence electrons. The van der Waals surface area contributed by atoms with Crippen LogP contribution in [-0.2, 0) is 0 Å². The first-order valence-electron chi connectivity index (χ1n) is 7.15. The van der Waals surface area contributed by atoms with Crippen molar-refractivity contribution in [3.8, 4) is 6.07 Å². The van der Waals surface area contributed by atoms with Gasteiger partial charge in [0.05, 0.1) is 12.1 Å². The van der Waals surface area contributed by atoms with E-state index in [1.54, 1.807) is 0 Å². The zero-order valence-corrected chi connectivity index (χ0v) is 12.2. The molecule has 0 aromatic heterocycles. The van der Waals surface area contributed by atoms with Crippen LogP contribution in [0, 0.1) is 17.2 Å². The minimum atomic E-state index is 0.0126. The van der Waals surface area contributed by atoms with Crippen molar-refractivity contribution in [2.75, 3.05) is 46.8 Å². The third-order valence-corrected chi connectivity index (χ3v) is 3.65. The van der Waals surface area contributed by atoms with Gasteiger partial charge in [0, 0.05) is 19.6 Å². The van der Waals surface area contributed by atoms with Gasteiger partial charge in [-0.05, 0) is 52.4 Å². The van der Waals surface area contributed by atoms with Gasteiger partial charge in [-0.3, -0.25) is 0 Å². The molecule has 2 unspecified atom stereocenters. The monoisotopic (exact) mass is 252 g/mol. The number of nitriles is 1. The van der Waals surface area contributed by atoms with Gasteiger partial charge in [-0.25, -0.2) is 0 Å². The summed E-state index contributed by atoms with van der Waals surface area (Å²) in [7, 11) is 4.37. The van der Waals surface area contributed by atoms with E-state index in [9.17, 15) is 0 Å². The lowest BCUT2D eigenvalue weighted by atomic mass is 10.1. The predicted octanol–water partition coefficient (Wildman–Crippen LogP) is 1.15. The van der Waals surface area contributed by atoms with E-state index in [1.165, 1.54) is 19.5 Å². The molecule has 1 fully saturated rings. The molecule has 1 aliphatic heterocycles. The number of hydrogen-bond acceptors (Lipinski definition) is 4. The van der Waals surface area contributed by atoms with Gasteiger partial charge >= 0.3 is 0 Å². The summed E-state index contributed by atoms with van der Waals surface area (Å²) in [6.07, 6.45) is 3.33. The second-order valence-corrected chi connectivity index (χ2v) is 5.60. The molecule has 1 N–H and O–H groups in total. The van der Waals surface area contributed by atoms with Crippen LogP contribution in [0.15, 0.2) is 0 Å². The van der Waals surface area contributed by atoms with Crippen molar-refractivity contribution >= 4 is 0 Å². The molecule has 0 aromatic carbocycles. The fourth-order valence-corrected chi connectivity index (χ4v) is 2.59. The predicted molar refractivity (Wildman–Crippen MR) is 75.4 cm³/mol. The van der Waals surface area contributed by atoms with Crippen molar-refractivity contribution in [3.63, 3.8) is 0 Å². The zero-order valence-electron chi connectivity index (χ0n) is 12.2. The number of hydrogen-bond donors (Lipinski definition) is 1. The molecule has 1 aliphatic rings. The van der Waals surface area contributed by atoms with Gasteiger partial charge in [-0.15, -0.1) is 0 Å². The number of rotatable bonds is 8. The highest BCUT2D eigenvalue weighted by Gasteiger charge is 2.20. The van der Waals surface area contributed by atoms with Crippen LogP contribution >= 0.6 is 0 Å². The third-order valence-electron chi connectivity index (χ3n) is 3.65. The molecule has 0 aliphatic carbocycles. The number of nitrogens with one attached hydrogen (secondary N) is 1. The van der Waals surface area contributed by atoms with E-state index in [1.807, 2.05) is 0 Å². The Hall–Kier alpha value is -0.630. The van der Waals surface area contributed by atoms with Crippen molar-refractivity contribution in [1.29, 1.82) is 5.26 Å². The van der Waals surface area contributed by atoms with Crippen molar-refractivity contribution in [1.82, 2.24) is 15.1 Å². The van der Waals surface area contributed by atoms with E-state index in [-0.39, 0.29) is 6.04 Å². The second-order valence-electron chi connectivity index (χ2n) is 5.60. The molecule has 18 heavy (non-hydrogen) atoms. The molecule has 1 rings (SSSR count). The molecule has 0 saturated carbocycles. The van der Waals surface area contributed by atoms with E-state index in [4.69, 9.17) is 5.26 Å². The maximum atomic E-state index is 9.05. The maximum absolute atomic E-state index is 9.05. The first-order chi connectivity index (χ1) is 8.65. The highest BCUT2D eigenvalue weighted by molar-refractivity contribution is 4.90. The Bertz CT molecular complexity index is 261. The SMILES string of the molecule is CCCNC(C#N)CCN(C)CC1CCN(C)C1. The Morgan fingerprint density at radius 3 is 2.89 bits per heavy atom. The first-order valence-corrected chi connectivity index (χ1v) is 7.15. The van der Waals surface area contributed by atoms with E-state index < -0.39 is 0 Å². The topological polar surface area (TPSA) is 42.3 Å². The molecule has 2 atom stereocenters. The Kier molecular flexibility index (Phi) is 7.26. The van der Waals surface area contributed by atoms with Crippen molar-refractivity contribution in [2.45, 2.75) is 32.2 Å². The van der Waals surface area contributed by atoms with Crippen LogP contribution in [0.3, 0.4) is 0 Å². The molecule has 0 amide bonds. The maximum Gasteiger partial charge on any atom is 0.0965 e. The van der Waals surface area contributed by atoms with Gasteiger partial charge in [0.1, 0.15) is 0 Å². The summed E-state index contributed by atoms with van der Waals surface area (Å²) in [4.78, 5) is 4.78. The highest BCUT2D eigenvalue weighted by atomic mass is 15.1. The van der Waals surface area contributed by atoms with Gasteiger partial charge in [0.25, 0.3) is 0 Å². The molecule has 4 nitrogen and oxygen atoms in total. The molecule has 0 aromatic rings. The Labute approximate surface area is 112 Å². The number of likely N-dealkylation sites (tertiary alicyclic amines) is 1. The van der Waals surface area contributed by atoms with E-state index in [2.05, 4.69) is 42.2 Å². The van der Waals surface area contributed by atoms with Crippen LogP contribution in [0.5, 0.6) is 0 Å². The van der Waals surface area contributed by atoms with Gasteiger partial charge in [0.15, 0.2) is 0 Å². The van der Waals surface area contributed by atoms with E-state index in [0.29, 0.717) is 0 Å². The zero-order chi connectivity index (χ0) is 13.4. The summed E-state index contributed by atoms with van der Waals surface area (Å²) < 4.78 is 0. The Balaban J connectivity index is 2.15. The summed E-state index contributed by atoms with van der Waals surface area (Å²) in [5.41, 5.74) is 0. The lowest BCUT2D eigenvalue weighted by Crippen LogP contribution is -2.34. The van der Waals surface area contributed by atoms with Crippen molar-refractivity contribution in [2.24, 2.45) is 5.92 Å². The Morgan fingerprint density at radius 2 is 2.33 bits per heavy atom. The van der Waals surface area contributed by atoms with E-state index >= 15 is 0 Å². The summed E-state index contributed by atoms with van der Waals surface area (Å²) in [6.45, 7) is 7.70. The standard InChI is InChI=1S/C14H28N4/c1-4-7-16-14(10-15)6-9-18(3)12-13-5-8-17(2)11-13/h13-14,16H,4-9,11-12H2,1-3H3.